The summed E-state index contributed by atoms with van der Waals surface area (Å²) >= 11 is 0. The van der Waals surface area contributed by atoms with Gasteiger partial charge in [-0.1, -0.05) is 70.9 Å². The van der Waals surface area contributed by atoms with Crippen LogP contribution in [0.25, 0.3) is 11.8 Å². The van der Waals surface area contributed by atoms with Crippen LogP contribution in [0, 0.1) is 11.3 Å². The first-order chi connectivity index (χ1) is 10.5. The van der Waals surface area contributed by atoms with Crippen LogP contribution in [0.4, 0.5) is 0 Å². The lowest BCUT2D eigenvalue weighted by Crippen LogP contribution is -2.18. The van der Waals surface area contributed by atoms with E-state index >= 15 is 0 Å². The van der Waals surface area contributed by atoms with Crippen LogP contribution in [0.5, 0.6) is 0 Å². The maximum atomic E-state index is 4.36. The number of nitrogens with zero attached hydrogens (tertiary/aromatic N) is 2. The second-order valence-corrected chi connectivity index (χ2v) is 6.98. The molecule has 0 amide bonds. The van der Waals surface area contributed by atoms with Crippen molar-refractivity contribution >= 4 is 6.08 Å². The van der Waals surface area contributed by atoms with Crippen molar-refractivity contribution in [3.63, 3.8) is 0 Å². The second-order valence-electron chi connectivity index (χ2n) is 6.98. The summed E-state index contributed by atoms with van der Waals surface area (Å²) in [6.07, 6.45) is 12.3. The van der Waals surface area contributed by atoms with Crippen LogP contribution in [0.3, 0.4) is 0 Å². The minimum Gasteiger partial charge on any atom is -0.240 e. The van der Waals surface area contributed by atoms with E-state index in [4.69, 9.17) is 0 Å². The average molecular weight is 296 g/mol. The zero-order valence-corrected chi connectivity index (χ0v) is 14.3. The fourth-order valence-corrected chi connectivity index (χ4v) is 2.71. The van der Waals surface area contributed by atoms with Gasteiger partial charge in [0.15, 0.2) is 0 Å². The molecule has 2 nitrogen and oxygen atoms in total. The van der Waals surface area contributed by atoms with Gasteiger partial charge in [-0.05, 0) is 35.4 Å². The standard InChI is InChI=1S/C20H28N2/c1-5-6-11-18(20(2,3)4)14-13-17-10-7-8-12-19(17)22-16-9-15-21-22/h7-10,12-16,18H,5-6,11H2,1-4H3/b14-13+. The lowest BCUT2D eigenvalue weighted by molar-refractivity contribution is 0.274. The number of hydrogen-bond donors (Lipinski definition) is 0. The van der Waals surface area contributed by atoms with Crippen LogP contribution >= 0.6 is 0 Å². The highest BCUT2D eigenvalue weighted by Gasteiger charge is 2.21. The molecule has 1 atom stereocenters. The van der Waals surface area contributed by atoms with Gasteiger partial charge in [-0.3, -0.25) is 0 Å². The van der Waals surface area contributed by atoms with Crippen molar-refractivity contribution in [3.05, 3.63) is 54.4 Å². The quantitative estimate of drug-likeness (QED) is 0.664. The van der Waals surface area contributed by atoms with E-state index in [1.54, 1.807) is 0 Å². The van der Waals surface area contributed by atoms with Crippen LogP contribution in [-0.4, -0.2) is 9.78 Å². The van der Waals surface area contributed by atoms with Crippen molar-refractivity contribution in [3.8, 4) is 5.69 Å². The van der Waals surface area contributed by atoms with Gasteiger partial charge in [0, 0.05) is 12.4 Å². The summed E-state index contributed by atoms with van der Waals surface area (Å²) in [7, 11) is 0. The van der Waals surface area contributed by atoms with Gasteiger partial charge in [-0.15, -0.1) is 0 Å². The monoisotopic (exact) mass is 296 g/mol. The largest absolute Gasteiger partial charge is 0.240 e. The Bertz CT molecular complexity index is 588. The van der Waals surface area contributed by atoms with Crippen LogP contribution < -0.4 is 0 Å². The average Bonchev–Trinajstić information content (AvgIpc) is 3.00. The Kier molecular flexibility index (Phi) is 5.59. The van der Waals surface area contributed by atoms with E-state index in [9.17, 15) is 0 Å². The number of rotatable bonds is 6. The summed E-state index contributed by atoms with van der Waals surface area (Å²) in [5.74, 6) is 0.595. The number of benzene rings is 1. The molecular weight excluding hydrogens is 268 g/mol. The minimum atomic E-state index is 0.298. The maximum absolute atomic E-state index is 4.36. The molecule has 1 aromatic heterocycles. The Morgan fingerprint density at radius 3 is 2.59 bits per heavy atom. The van der Waals surface area contributed by atoms with E-state index in [1.165, 1.54) is 24.8 Å². The van der Waals surface area contributed by atoms with Gasteiger partial charge < -0.3 is 0 Å². The molecule has 118 valence electrons. The van der Waals surface area contributed by atoms with Crippen LogP contribution in [0.15, 0.2) is 48.8 Å². The van der Waals surface area contributed by atoms with Gasteiger partial charge in [0.1, 0.15) is 0 Å². The molecule has 2 heteroatoms. The molecule has 22 heavy (non-hydrogen) atoms. The Balaban J connectivity index is 2.25. The second kappa shape index (κ2) is 7.44. The molecule has 0 aliphatic carbocycles. The smallest absolute Gasteiger partial charge is 0.0717 e. The van der Waals surface area contributed by atoms with Gasteiger partial charge in [0.25, 0.3) is 0 Å². The zero-order valence-electron chi connectivity index (χ0n) is 14.3. The first-order valence-electron chi connectivity index (χ1n) is 8.29. The molecule has 2 rings (SSSR count). The van der Waals surface area contributed by atoms with Crippen LogP contribution in [0.2, 0.25) is 0 Å². The molecule has 0 spiro atoms. The highest BCUT2D eigenvalue weighted by molar-refractivity contribution is 5.60. The Morgan fingerprint density at radius 2 is 1.95 bits per heavy atom. The number of aromatic nitrogens is 2. The van der Waals surface area contributed by atoms with Crippen molar-refractivity contribution in [1.82, 2.24) is 9.78 Å². The van der Waals surface area contributed by atoms with E-state index in [0.717, 1.165) is 5.69 Å². The molecule has 1 unspecified atom stereocenters. The normalized spacial score (nSPS) is 13.6. The third kappa shape index (κ3) is 4.33. The summed E-state index contributed by atoms with van der Waals surface area (Å²) in [6, 6.07) is 10.4. The highest BCUT2D eigenvalue weighted by atomic mass is 15.3. The molecule has 0 aliphatic rings. The number of unbranched alkanes of at least 4 members (excludes halogenated alkanes) is 1. The summed E-state index contributed by atoms with van der Waals surface area (Å²) < 4.78 is 1.93. The maximum Gasteiger partial charge on any atom is 0.0717 e. The molecular formula is C20H28N2. The predicted molar refractivity (Wildman–Crippen MR) is 95.1 cm³/mol. The van der Waals surface area contributed by atoms with E-state index in [1.807, 2.05) is 23.1 Å². The van der Waals surface area contributed by atoms with Crippen molar-refractivity contribution in [2.45, 2.75) is 47.0 Å². The minimum absolute atomic E-state index is 0.298. The van der Waals surface area contributed by atoms with Crippen LogP contribution in [0.1, 0.15) is 52.5 Å². The summed E-state index contributed by atoms with van der Waals surface area (Å²) in [5.41, 5.74) is 2.65. The lowest BCUT2D eigenvalue weighted by atomic mass is 9.77. The summed E-state index contributed by atoms with van der Waals surface area (Å²) in [5, 5.41) is 4.36. The molecule has 1 aromatic carbocycles. The molecule has 0 bridgehead atoms. The Labute approximate surface area is 134 Å². The third-order valence-electron chi connectivity index (χ3n) is 4.18. The van der Waals surface area contributed by atoms with Gasteiger partial charge in [0.2, 0.25) is 0 Å². The van der Waals surface area contributed by atoms with Crippen molar-refractivity contribution in [2.75, 3.05) is 0 Å². The predicted octanol–water partition coefficient (Wildman–Crippen LogP) is 5.74. The van der Waals surface area contributed by atoms with Crippen molar-refractivity contribution in [1.29, 1.82) is 0 Å². The number of allylic oxidation sites excluding steroid dienone is 1. The zero-order chi connectivity index (χ0) is 16.0. The molecule has 0 saturated heterocycles. The molecule has 1 heterocycles. The molecule has 0 radical (unpaired) electrons. The van der Waals surface area contributed by atoms with Gasteiger partial charge in [-0.25, -0.2) is 4.68 Å². The van der Waals surface area contributed by atoms with E-state index in [2.05, 4.69) is 69.2 Å². The molecule has 0 fully saturated rings. The van der Waals surface area contributed by atoms with Crippen molar-refractivity contribution in [2.24, 2.45) is 11.3 Å². The van der Waals surface area contributed by atoms with E-state index in [-0.39, 0.29) is 0 Å². The lowest BCUT2D eigenvalue weighted by Gasteiger charge is -2.28. The Hall–Kier alpha value is -1.83. The first-order valence-corrected chi connectivity index (χ1v) is 8.29. The van der Waals surface area contributed by atoms with Gasteiger partial charge >= 0.3 is 0 Å². The number of hydrogen-bond acceptors (Lipinski definition) is 1. The molecule has 0 saturated carbocycles. The fourth-order valence-electron chi connectivity index (χ4n) is 2.71. The van der Waals surface area contributed by atoms with Gasteiger partial charge in [-0.2, -0.15) is 5.10 Å². The van der Waals surface area contributed by atoms with Crippen LogP contribution in [-0.2, 0) is 0 Å². The first kappa shape index (κ1) is 16.5. The SMILES string of the molecule is CCCCC(/C=C/c1ccccc1-n1cccn1)C(C)(C)C. The topological polar surface area (TPSA) is 17.8 Å². The molecule has 0 aliphatic heterocycles. The van der Waals surface area contributed by atoms with Gasteiger partial charge in [0.05, 0.1) is 5.69 Å². The highest BCUT2D eigenvalue weighted by Crippen LogP contribution is 2.32. The van der Waals surface area contributed by atoms with E-state index < -0.39 is 0 Å². The molecule has 2 aromatic rings. The summed E-state index contributed by atoms with van der Waals surface area (Å²) in [6.45, 7) is 9.25. The third-order valence-corrected chi connectivity index (χ3v) is 4.18. The fraction of sp³-hybridized carbons (Fsp3) is 0.450. The Morgan fingerprint density at radius 1 is 1.18 bits per heavy atom. The number of para-hydroxylation sites is 1. The molecule has 0 N–H and O–H groups in total. The van der Waals surface area contributed by atoms with Crippen molar-refractivity contribution < 1.29 is 0 Å². The van der Waals surface area contributed by atoms with E-state index in [0.29, 0.717) is 11.3 Å². The summed E-state index contributed by atoms with van der Waals surface area (Å²) in [4.78, 5) is 0.